The smallest absolute Gasteiger partial charge is 0.416 e. The van der Waals surface area contributed by atoms with E-state index in [-0.39, 0.29) is 33.0 Å². The van der Waals surface area contributed by atoms with Crippen LogP contribution >= 0.6 is 11.6 Å². The number of alkyl halides is 3. The van der Waals surface area contributed by atoms with Gasteiger partial charge in [-0.2, -0.15) is 13.2 Å². The fourth-order valence-electron chi connectivity index (χ4n) is 3.18. The van der Waals surface area contributed by atoms with Crippen molar-refractivity contribution in [3.8, 4) is 22.6 Å². The Morgan fingerprint density at radius 3 is 2.31 bits per heavy atom. The minimum absolute atomic E-state index is 0.0348. The largest absolute Gasteiger partial charge is 0.505 e. The predicted molar refractivity (Wildman–Crippen MR) is 101 cm³/mol. The summed E-state index contributed by atoms with van der Waals surface area (Å²) in [6.45, 7) is 0. The Morgan fingerprint density at radius 1 is 1.03 bits per heavy atom. The third-order valence-corrected chi connectivity index (χ3v) is 4.77. The molecule has 0 aliphatic rings. The van der Waals surface area contributed by atoms with Crippen LogP contribution in [0.15, 0.2) is 59.4 Å². The monoisotopic (exact) mass is 422 g/mol. The fourth-order valence-corrected chi connectivity index (χ4v) is 3.48. The molecule has 4 rings (SSSR count). The van der Waals surface area contributed by atoms with Crippen molar-refractivity contribution in [2.75, 3.05) is 0 Å². The first-order valence-corrected chi connectivity index (χ1v) is 8.65. The zero-order chi connectivity index (χ0) is 20.9. The summed E-state index contributed by atoms with van der Waals surface area (Å²) in [6.07, 6.45) is -4.51. The van der Waals surface area contributed by atoms with E-state index in [1.54, 1.807) is 0 Å². The lowest BCUT2D eigenvalue weighted by molar-refractivity contribution is -0.137. The van der Waals surface area contributed by atoms with Crippen molar-refractivity contribution in [2.45, 2.75) is 6.18 Å². The van der Waals surface area contributed by atoms with Crippen molar-refractivity contribution in [1.29, 1.82) is 0 Å². The van der Waals surface area contributed by atoms with E-state index in [0.717, 1.165) is 18.2 Å². The molecule has 2 aromatic heterocycles. The summed E-state index contributed by atoms with van der Waals surface area (Å²) in [4.78, 5) is 15.0. The summed E-state index contributed by atoms with van der Waals surface area (Å²) >= 11 is 6.22. The molecule has 4 aromatic rings. The maximum absolute atomic E-state index is 14.2. The zero-order valence-corrected chi connectivity index (χ0v) is 15.1. The molecule has 0 bridgehead atoms. The van der Waals surface area contributed by atoms with Crippen LogP contribution in [0.2, 0.25) is 5.15 Å². The first-order valence-electron chi connectivity index (χ1n) is 8.27. The first-order chi connectivity index (χ1) is 13.7. The second-order valence-corrected chi connectivity index (χ2v) is 6.65. The Bertz CT molecular complexity index is 1290. The van der Waals surface area contributed by atoms with Gasteiger partial charge in [0.2, 0.25) is 0 Å². The van der Waals surface area contributed by atoms with Crippen molar-refractivity contribution >= 4 is 22.6 Å². The van der Waals surface area contributed by atoms with Crippen LogP contribution in [0.4, 0.5) is 17.6 Å². The van der Waals surface area contributed by atoms with Gasteiger partial charge in [0.15, 0.2) is 5.75 Å². The molecule has 0 radical (unpaired) electrons. The quantitative estimate of drug-likeness (QED) is 0.419. The Kier molecular flexibility index (Phi) is 4.38. The van der Waals surface area contributed by atoms with Crippen molar-refractivity contribution < 1.29 is 22.7 Å². The molecule has 2 heterocycles. The molecule has 0 saturated carbocycles. The number of pyridine rings is 1. The van der Waals surface area contributed by atoms with Crippen molar-refractivity contribution in [1.82, 2.24) is 9.55 Å². The van der Waals surface area contributed by atoms with Crippen molar-refractivity contribution in [3.63, 3.8) is 0 Å². The van der Waals surface area contributed by atoms with Gasteiger partial charge in [-0.3, -0.25) is 9.36 Å². The van der Waals surface area contributed by atoms with Gasteiger partial charge in [-0.1, -0.05) is 29.8 Å². The number of halogens is 5. The molecule has 0 amide bonds. The lowest BCUT2D eigenvalue weighted by Gasteiger charge is -2.12. The maximum atomic E-state index is 14.2. The van der Waals surface area contributed by atoms with E-state index in [4.69, 9.17) is 11.6 Å². The van der Waals surface area contributed by atoms with E-state index in [2.05, 4.69) is 4.98 Å². The number of aromatic nitrogens is 2. The van der Waals surface area contributed by atoms with Crippen molar-refractivity contribution in [3.05, 3.63) is 81.5 Å². The van der Waals surface area contributed by atoms with E-state index >= 15 is 0 Å². The number of hydrogen-bond acceptors (Lipinski definition) is 2. The minimum atomic E-state index is -4.51. The molecule has 0 unspecified atom stereocenters. The number of H-pyrrole nitrogens is 1. The number of benzene rings is 2. The molecule has 0 fully saturated rings. The minimum Gasteiger partial charge on any atom is -0.505 e. The third-order valence-electron chi connectivity index (χ3n) is 4.49. The number of nitrogens with zero attached hydrogens (tertiary/aromatic N) is 1. The Balaban J connectivity index is 1.99. The van der Waals surface area contributed by atoms with Crippen LogP contribution < -0.4 is 5.56 Å². The van der Waals surface area contributed by atoms with Gasteiger partial charge >= 0.3 is 6.18 Å². The summed E-state index contributed by atoms with van der Waals surface area (Å²) in [5.74, 6) is -1.26. The molecule has 0 aliphatic heterocycles. The molecular formula is C20H11ClF4N2O2. The molecule has 0 spiro atoms. The number of rotatable bonds is 2. The zero-order valence-electron chi connectivity index (χ0n) is 14.4. The summed E-state index contributed by atoms with van der Waals surface area (Å²) < 4.78 is 54.0. The van der Waals surface area contributed by atoms with E-state index in [1.165, 1.54) is 41.0 Å². The predicted octanol–water partition coefficient (Wildman–Crippen LogP) is 5.50. The van der Waals surface area contributed by atoms with Crippen LogP contribution in [-0.4, -0.2) is 14.7 Å². The average Bonchev–Trinajstić information content (AvgIpc) is 2.98. The molecule has 29 heavy (non-hydrogen) atoms. The van der Waals surface area contributed by atoms with Gasteiger partial charge in [-0.05, 0) is 36.4 Å². The van der Waals surface area contributed by atoms with Crippen LogP contribution in [0, 0.1) is 5.82 Å². The lowest BCUT2D eigenvalue weighted by atomic mass is 10.1. The Morgan fingerprint density at radius 2 is 1.69 bits per heavy atom. The molecule has 4 nitrogen and oxygen atoms in total. The molecule has 0 saturated heterocycles. The highest BCUT2D eigenvalue weighted by molar-refractivity contribution is 6.31. The maximum Gasteiger partial charge on any atom is 0.416 e. The van der Waals surface area contributed by atoms with Gasteiger partial charge in [0.1, 0.15) is 16.5 Å². The number of aromatic hydroxyl groups is 1. The van der Waals surface area contributed by atoms with Crippen molar-refractivity contribution in [2.24, 2.45) is 0 Å². The Hall–Kier alpha value is -3.26. The number of aromatic amines is 1. The van der Waals surface area contributed by atoms with E-state index in [1.807, 2.05) is 0 Å². The normalized spacial score (nSPS) is 11.9. The SMILES string of the molecule is O=c1[nH]c2cc(Cl)n(-c3ccc(C(F)(F)F)cc3)c2c(O)c1-c1ccccc1F. The van der Waals surface area contributed by atoms with Gasteiger partial charge < -0.3 is 10.1 Å². The van der Waals surface area contributed by atoms with Gasteiger partial charge in [-0.15, -0.1) is 0 Å². The number of nitrogens with one attached hydrogen (secondary N) is 1. The second-order valence-electron chi connectivity index (χ2n) is 6.27. The molecule has 2 N–H and O–H groups in total. The third kappa shape index (κ3) is 3.15. The summed E-state index contributed by atoms with van der Waals surface area (Å²) in [5.41, 5.74) is -1.60. The number of hydrogen-bond donors (Lipinski definition) is 2. The van der Waals surface area contributed by atoms with Crippen LogP contribution in [0.1, 0.15) is 5.56 Å². The molecule has 0 aliphatic carbocycles. The van der Waals surface area contributed by atoms with Crippen LogP contribution in [-0.2, 0) is 6.18 Å². The van der Waals surface area contributed by atoms with E-state index in [9.17, 15) is 27.5 Å². The molecule has 9 heteroatoms. The second kappa shape index (κ2) is 6.66. The highest BCUT2D eigenvalue weighted by Crippen LogP contribution is 2.38. The lowest BCUT2D eigenvalue weighted by Crippen LogP contribution is -2.10. The fraction of sp³-hybridized carbons (Fsp3) is 0.0500. The molecule has 2 aromatic carbocycles. The number of fused-ring (bicyclic) bond motifs is 1. The van der Waals surface area contributed by atoms with Gasteiger partial charge in [0.05, 0.1) is 16.6 Å². The van der Waals surface area contributed by atoms with Crippen LogP contribution in [0.5, 0.6) is 5.75 Å². The topological polar surface area (TPSA) is 58.0 Å². The highest BCUT2D eigenvalue weighted by Gasteiger charge is 2.30. The Labute approximate surface area is 165 Å². The van der Waals surface area contributed by atoms with Crippen LogP contribution in [0.3, 0.4) is 0 Å². The van der Waals surface area contributed by atoms with E-state index in [0.29, 0.717) is 0 Å². The highest BCUT2D eigenvalue weighted by atomic mass is 35.5. The molecule has 148 valence electrons. The van der Waals surface area contributed by atoms with Gasteiger partial charge in [-0.25, -0.2) is 4.39 Å². The summed E-state index contributed by atoms with van der Waals surface area (Å²) in [6, 6.07) is 10.9. The standard InChI is InChI=1S/C20H11ClF4N2O2/c21-15-9-14-17(27(15)11-7-5-10(6-8-11)20(23,24)25)18(28)16(19(29)26-14)12-3-1-2-4-13(12)22/h1-9H,(H2,26,28,29). The van der Waals surface area contributed by atoms with Gasteiger partial charge in [0, 0.05) is 11.3 Å². The molecule has 0 atom stereocenters. The van der Waals surface area contributed by atoms with Gasteiger partial charge in [0.25, 0.3) is 5.56 Å². The average molecular weight is 423 g/mol. The first kappa shape index (κ1) is 19.1. The summed E-state index contributed by atoms with van der Waals surface area (Å²) in [5, 5.41) is 10.8. The van der Waals surface area contributed by atoms with E-state index < -0.39 is 28.9 Å². The summed E-state index contributed by atoms with van der Waals surface area (Å²) in [7, 11) is 0. The van der Waals surface area contributed by atoms with Crippen LogP contribution in [0.25, 0.3) is 27.8 Å². The molecular weight excluding hydrogens is 412 g/mol.